The van der Waals surface area contributed by atoms with E-state index < -0.39 is 0 Å². The number of amides is 1. The minimum Gasteiger partial charge on any atom is -0.340 e. The normalized spacial score (nSPS) is 13.6. The second-order valence-corrected chi connectivity index (χ2v) is 6.44. The molecule has 4 rings (SSSR count). The molecule has 25 heavy (non-hydrogen) atoms. The van der Waals surface area contributed by atoms with E-state index in [0.29, 0.717) is 12.6 Å². The Morgan fingerprint density at radius 2 is 1.88 bits per heavy atom. The second-order valence-electron chi connectivity index (χ2n) is 6.44. The molecule has 5 heteroatoms. The van der Waals surface area contributed by atoms with Gasteiger partial charge in [-0.1, -0.05) is 24.3 Å². The van der Waals surface area contributed by atoms with Crippen molar-refractivity contribution in [1.29, 1.82) is 0 Å². The number of rotatable bonds is 5. The van der Waals surface area contributed by atoms with Crippen LogP contribution in [0.3, 0.4) is 0 Å². The number of carbonyl (C=O) groups is 1. The SMILES string of the molecule is CC(=O)N(Cc1ccc(Nc2ncnc3ccccc23)cc1)C1CC1. The molecule has 1 heterocycles. The second kappa shape index (κ2) is 6.51. The van der Waals surface area contributed by atoms with Crippen LogP contribution in [0.5, 0.6) is 0 Å². The Morgan fingerprint density at radius 3 is 2.60 bits per heavy atom. The van der Waals surface area contributed by atoms with E-state index in [4.69, 9.17) is 0 Å². The van der Waals surface area contributed by atoms with Gasteiger partial charge in [0, 0.05) is 30.6 Å². The predicted octanol–water partition coefficient (Wildman–Crippen LogP) is 3.88. The Kier molecular flexibility index (Phi) is 4.06. The fraction of sp³-hybridized carbons (Fsp3) is 0.250. The summed E-state index contributed by atoms with van der Waals surface area (Å²) in [5, 5.41) is 4.34. The molecule has 2 aromatic carbocycles. The number of hydrogen-bond donors (Lipinski definition) is 1. The number of para-hydroxylation sites is 1. The third-order valence-corrected chi connectivity index (χ3v) is 4.50. The zero-order valence-electron chi connectivity index (χ0n) is 14.1. The van der Waals surface area contributed by atoms with E-state index in [1.54, 1.807) is 13.3 Å². The quantitative estimate of drug-likeness (QED) is 0.770. The highest BCUT2D eigenvalue weighted by molar-refractivity contribution is 5.90. The van der Waals surface area contributed by atoms with E-state index in [1.807, 2.05) is 41.3 Å². The molecule has 3 aromatic rings. The first-order valence-electron chi connectivity index (χ1n) is 8.53. The molecule has 126 valence electrons. The molecule has 1 amide bonds. The maximum Gasteiger partial charge on any atom is 0.219 e. The van der Waals surface area contributed by atoms with Crippen molar-refractivity contribution in [3.63, 3.8) is 0 Å². The Morgan fingerprint density at radius 1 is 1.12 bits per heavy atom. The first kappa shape index (κ1) is 15.6. The average Bonchev–Trinajstić information content (AvgIpc) is 3.46. The summed E-state index contributed by atoms with van der Waals surface area (Å²) in [5.41, 5.74) is 3.02. The molecule has 0 saturated heterocycles. The average molecular weight is 332 g/mol. The molecule has 0 atom stereocenters. The number of carbonyl (C=O) groups excluding carboxylic acids is 1. The van der Waals surface area contributed by atoms with Crippen molar-refractivity contribution >= 4 is 28.3 Å². The summed E-state index contributed by atoms with van der Waals surface area (Å²) in [4.78, 5) is 22.4. The van der Waals surface area contributed by atoms with E-state index in [1.165, 1.54) is 0 Å². The number of benzene rings is 2. The first-order chi connectivity index (χ1) is 12.2. The van der Waals surface area contributed by atoms with Crippen molar-refractivity contribution in [2.24, 2.45) is 0 Å². The summed E-state index contributed by atoms with van der Waals surface area (Å²) in [7, 11) is 0. The third kappa shape index (κ3) is 3.45. The molecule has 1 aliphatic rings. The van der Waals surface area contributed by atoms with Crippen molar-refractivity contribution in [1.82, 2.24) is 14.9 Å². The predicted molar refractivity (Wildman–Crippen MR) is 98.5 cm³/mol. The summed E-state index contributed by atoms with van der Waals surface area (Å²) < 4.78 is 0. The summed E-state index contributed by atoms with van der Waals surface area (Å²) in [6.07, 6.45) is 3.82. The number of nitrogens with one attached hydrogen (secondary N) is 1. The van der Waals surface area contributed by atoms with Gasteiger partial charge in [0.2, 0.25) is 5.91 Å². The molecule has 0 bridgehead atoms. The van der Waals surface area contributed by atoms with Crippen molar-refractivity contribution in [3.05, 3.63) is 60.4 Å². The summed E-state index contributed by atoms with van der Waals surface area (Å²) in [5.74, 6) is 0.943. The van der Waals surface area contributed by atoms with Crippen LogP contribution < -0.4 is 5.32 Å². The van der Waals surface area contributed by atoms with Gasteiger partial charge in [-0.25, -0.2) is 9.97 Å². The molecule has 1 aliphatic carbocycles. The van der Waals surface area contributed by atoms with Gasteiger partial charge in [-0.3, -0.25) is 4.79 Å². The van der Waals surface area contributed by atoms with Crippen molar-refractivity contribution in [3.8, 4) is 0 Å². The van der Waals surface area contributed by atoms with Gasteiger partial charge in [-0.2, -0.15) is 0 Å². The van der Waals surface area contributed by atoms with Crippen LogP contribution in [0.15, 0.2) is 54.9 Å². The molecular formula is C20H20N4O. The highest BCUT2D eigenvalue weighted by Gasteiger charge is 2.30. The molecule has 1 aromatic heterocycles. The largest absolute Gasteiger partial charge is 0.340 e. The number of aromatic nitrogens is 2. The summed E-state index contributed by atoms with van der Waals surface area (Å²) >= 11 is 0. The summed E-state index contributed by atoms with van der Waals surface area (Å²) in [6.45, 7) is 2.32. The van der Waals surface area contributed by atoms with Gasteiger partial charge in [0.1, 0.15) is 12.1 Å². The molecule has 1 fully saturated rings. The van der Waals surface area contributed by atoms with Crippen LogP contribution in [-0.2, 0) is 11.3 Å². The third-order valence-electron chi connectivity index (χ3n) is 4.50. The zero-order valence-corrected chi connectivity index (χ0v) is 14.1. The van der Waals surface area contributed by atoms with Gasteiger partial charge in [0.25, 0.3) is 0 Å². The fourth-order valence-corrected chi connectivity index (χ4v) is 3.02. The van der Waals surface area contributed by atoms with Crippen molar-refractivity contribution in [2.45, 2.75) is 32.4 Å². The molecule has 0 aliphatic heterocycles. The lowest BCUT2D eigenvalue weighted by molar-refractivity contribution is -0.130. The lowest BCUT2D eigenvalue weighted by atomic mass is 10.2. The molecular weight excluding hydrogens is 312 g/mol. The Balaban J connectivity index is 1.51. The Hall–Kier alpha value is -2.95. The van der Waals surface area contributed by atoms with Gasteiger partial charge in [-0.05, 0) is 42.7 Å². The highest BCUT2D eigenvalue weighted by Crippen LogP contribution is 2.29. The summed E-state index contributed by atoms with van der Waals surface area (Å²) in [6, 6.07) is 16.5. The van der Waals surface area contributed by atoms with Crippen LogP contribution in [0.1, 0.15) is 25.3 Å². The number of anilines is 2. The van der Waals surface area contributed by atoms with Crippen LogP contribution in [0, 0.1) is 0 Å². The van der Waals surface area contributed by atoms with Crippen LogP contribution in [0.25, 0.3) is 10.9 Å². The molecule has 1 saturated carbocycles. The van der Waals surface area contributed by atoms with Crippen molar-refractivity contribution < 1.29 is 4.79 Å². The smallest absolute Gasteiger partial charge is 0.219 e. The number of nitrogens with zero attached hydrogens (tertiary/aromatic N) is 3. The van der Waals surface area contributed by atoms with Gasteiger partial charge in [0.15, 0.2) is 0 Å². The van der Waals surface area contributed by atoms with Crippen LogP contribution >= 0.6 is 0 Å². The van der Waals surface area contributed by atoms with E-state index in [2.05, 4.69) is 27.4 Å². The topological polar surface area (TPSA) is 58.1 Å². The van der Waals surface area contributed by atoms with E-state index in [0.717, 1.165) is 40.8 Å². The number of hydrogen-bond acceptors (Lipinski definition) is 4. The first-order valence-corrected chi connectivity index (χ1v) is 8.53. The van der Waals surface area contributed by atoms with Gasteiger partial charge < -0.3 is 10.2 Å². The van der Waals surface area contributed by atoms with E-state index in [9.17, 15) is 4.79 Å². The van der Waals surface area contributed by atoms with Crippen LogP contribution in [-0.4, -0.2) is 26.8 Å². The Bertz CT molecular complexity index is 898. The Labute approximate surface area is 146 Å². The lowest BCUT2D eigenvalue weighted by Crippen LogP contribution is -2.30. The molecule has 5 nitrogen and oxygen atoms in total. The molecule has 0 radical (unpaired) electrons. The zero-order chi connectivity index (χ0) is 17.2. The maximum atomic E-state index is 11.8. The van der Waals surface area contributed by atoms with Gasteiger partial charge >= 0.3 is 0 Å². The van der Waals surface area contributed by atoms with Crippen LogP contribution in [0.4, 0.5) is 11.5 Å². The monoisotopic (exact) mass is 332 g/mol. The van der Waals surface area contributed by atoms with E-state index in [-0.39, 0.29) is 5.91 Å². The van der Waals surface area contributed by atoms with Gasteiger partial charge in [-0.15, -0.1) is 0 Å². The standard InChI is InChI=1S/C20H20N4O/c1-14(25)24(17-10-11-17)12-15-6-8-16(9-7-15)23-20-18-4-2-3-5-19(18)21-13-22-20/h2-9,13,17H,10-12H2,1H3,(H,21,22,23). The highest BCUT2D eigenvalue weighted by atomic mass is 16.2. The minimum atomic E-state index is 0.150. The van der Waals surface area contributed by atoms with Crippen molar-refractivity contribution in [2.75, 3.05) is 5.32 Å². The minimum absolute atomic E-state index is 0.150. The lowest BCUT2D eigenvalue weighted by Gasteiger charge is -2.20. The fourth-order valence-electron chi connectivity index (χ4n) is 3.02. The maximum absolute atomic E-state index is 11.8. The molecule has 1 N–H and O–H groups in total. The van der Waals surface area contributed by atoms with E-state index >= 15 is 0 Å². The van der Waals surface area contributed by atoms with Gasteiger partial charge in [0.05, 0.1) is 5.52 Å². The number of fused-ring (bicyclic) bond motifs is 1. The van der Waals surface area contributed by atoms with Crippen LogP contribution in [0.2, 0.25) is 0 Å². The molecule has 0 unspecified atom stereocenters. The molecule has 0 spiro atoms.